The van der Waals surface area contributed by atoms with E-state index < -0.39 is 0 Å². The first-order chi connectivity index (χ1) is 6.24. The summed E-state index contributed by atoms with van der Waals surface area (Å²) in [7, 11) is 0. The quantitative estimate of drug-likeness (QED) is 0.734. The summed E-state index contributed by atoms with van der Waals surface area (Å²) < 4.78 is 0. The topological polar surface area (TPSA) is 26.0 Å². The number of benzene rings is 1. The lowest BCUT2D eigenvalue weighted by Crippen LogP contribution is -2.19. The molecule has 0 fully saturated rings. The zero-order chi connectivity index (χ0) is 9.42. The minimum Gasteiger partial charge on any atom is -0.330 e. The molecule has 1 aliphatic rings. The highest BCUT2D eigenvalue weighted by molar-refractivity contribution is 5.46. The van der Waals surface area contributed by atoms with Crippen LogP contribution in [0.15, 0.2) is 18.2 Å². The fraction of sp³-hybridized carbons (Fsp3) is 0.500. The lowest BCUT2D eigenvalue weighted by Gasteiger charge is -2.35. The Morgan fingerprint density at radius 3 is 2.54 bits per heavy atom. The summed E-state index contributed by atoms with van der Waals surface area (Å²) in [6, 6.07) is 6.81. The van der Waals surface area contributed by atoms with Gasteiger partial charge in [-0.25, -0.2) is 0 Å². The van der Waals surface area contributed by atoms with E-state index in [4.69, 9.17) is 5.73 Å². The predicted molar refractivity (Wildman–Crippen MR) is 56.0 cm³/mol. The molecule has 2 atom stereocenters. The molecule has 2 unspecified atom stereocenters. The highest BCUT2D eigenvalue weighted by Gasteiger charge is 2.29. The van der Waals surface area contributed by atoms with E-state index in [2.05, 4.69) is 32.0 Å². The van der Waals surface area contributed by atoms with Crippen LogP contribution in [-0.2, 0) is 6.42 Å². The fourth-order valence-corrected chi connectivity index (χ4v) is 2.20. The van der Waals surface area contributed by atoms with Gasteiger partial charge in [-0.15, -0.1) is 0 Å². The van der Waals surface area contributed by atoms with Crippen LogP contribution in [0.3, 0.4) is 0 Å². The first-order valence-corrected chi connectivity index (χ1v) is 5.07. The van der Waals surface area contributed by atoms with Crippen molar-refractivity contribution in [2.24, 2.45) is 5.73 Å². The SMILES string of the molecule is CC1c2ccc(CCN)cc2C1C. The Labute approximate surface area is 80.0 Å². The standard InChI is InChI=1S/C12H17N/c1-8-9(2)12-7-10(5-6-13)3-4-11(8)12/h3-4,7-9H,5-6,13H2,1-2H3. The van der Waals surface area contributed by atoms with Crippen LogP contribution in [0, 0.1) is 0 Å². The van der Waals surface area contributed by atoms with E-state index in [1.54, 1.807) is 5.56 Å². The lowest BCUT2D eigenvalue weighted by atomic mass is 9.69. The second-order valence-corrected chi connectivity index (χ2v) is 4.08. The molecule has 0 amide bonds. The summed E-state index contributed by atoms with van der Waals surface area (Å²) >= 11 is 0. The van der Waals surface area contributed by atoms with Gasteiger partial charge in [0.2, 0.25) is 0 Å². The molecular weight excluding hydrogens is 158 g/mol. The highest BCUT2D eigenvalue weighted by atomic mass is 14.5. The van der Waals surface area contributed by atoms with Gasteiger partial charge in [0.1, 0.15) is 0 Å². The van der Waals surface area contributed by atoms with Crippen LogP contribution < -0.4 is 5.73 Å². The smallest absolute Gasteiger partial charge is 0.00367 e. The van der Waals surface area contributed by atoms with Crippen molar-refractivity contribution < 1.29 is 0 Å². The Balaban J connectivity index is 2.29. The summed E-state index contributed by atoms with van der Waals surface area (Å²) in [4.78, 5) is 0. The van der Waals surface area contributed by atoms with Crippen molar-refractivity contribution in [2.45, 2.75) is 32.1 Å². The molecule has 70 valence electrons. The maximum atomic E-state index is 5.53. The van der Waals surface area contributed by atoms with Gasteiger partial charge in [0, 0.05) is 0 Å². The largest absolute Gasteiger partial charge is 0.330 e. The Kier molecular flexibility index (Phi) is 2.12. The molecular formula is C12H17N. The fourth-order valence-electron chi connectivity index (χ4n) is 2.20. The molecule has 1 aromatic rings. The molecule has 0 aromatic heterocycles. The molecule has 1 heteroatoms. The van der Waals surface area contributed by atoms with E-state index in [9.17, 15) is 0 Å². The number of fused-ring (bicyclic) bond motifs is 1. The molecule has 0 heterocycles. The van der Waals surface area contributed by atoms with Gasteiger partial charge in [0.25, 0.3) is 0 Å². The molecule has 2 N–H and O–H groups in total. The Morgan fingerprint density at radius 1 is 1.15 bits per heavy atom. The second kappa shape index (κ2) is 3.15. The highest BCUT2D eigenvalue weighted by Crippen LogP contribution is 2.45. The van der Waals surface area contributed by atoms with Crippen molar-refractivity contribution in [1.82, 2.24) is 0 Å². The molecule has 0 bridgehead atoms. The van der Waals surface area contributed by atoms with E-state index in [1.165, 1.54) is 11.1 Å². The van der Waals surface area contributed by atoms with Gasteiger partial charge in [0.15, 0.2) is 0 Å². The van der Waals surface area contributed by atoms with Gasteiger partial charge in [-0.05, 0) is 41.5 Å². The molecule has 1 aromatic carbocycles. The number of hydrogen-bond donors (Lipinski definition) is 1. The molecule has 0 saturated heterocycles. The molecule has 0 aliphatic heterocycles. The molecule has 1 aliphatic carbocycles. The van der Waals surface area contributed by atoms with Gasteiger partial charge in [-0.2, -0.15) is 0 Å². The predicted octanol–water partition coefficient (Wildman–Crippen LogP) is 2.41. The number of nitrogens with two attached hydrogens (primary N) is 1. The van der Waals surface area contributed by atoms with E-state index in [-0.39, 0.29) is 0 Å². The van der Waals surface area contributed by atoms with Crippen LogP contribution in [-0.4, -0.2) is 6.54 Å². The van der Waals surface area contributed by atoms with E-state index in [1.807, 2.05) is 0 Å². The van der Waals surface area contributed by atoms with Crippen LogP contribution in [0.4, 0.5) is 0 Å². The first-order valence-electron chi connectivity index (χ1n) is 5.07. The van der Waals surface area contributed by atoms with Crippen molar-refractivity contribution in [3.63, 3.8) is 0 Å². The summed E-state index contributed by atoms with van der Waals surface area (Å²) in [5.74, 6) is 1.50. The molecule has 0 saturated carbocycles. The second-order valence-electron chi connectivity index (χ2n) is 4.08. The summed E-state index contributed by atoms with van der Waals surface area (Å²) in [6.07, 6.45) is 1.01. The molecule has 2 rings (SSSR count). The maximum absolute atomic E-state index is 5.53. The van der Waals surface area contributed by atoms with Crippen molar-refractivity contribution in [3.05, 3.63) is 34.9 Å². The Morgan fingerprint density at radius 2 is 1.85 bits per heavy atom. The summed E-state index contributed by atoms with van der Waals surface area (Å²) in [5, 5.41) is 0. The summed E-state index contributed by atoms with van der Waals surface area (Å²) in [5.41, 5.74) is 9.99. The Hall–Kier alpha value is -0.820. The number of hydrogen-bond acceptors (Lipinski definition) is 1. The van der Waals surface area contributed by atoms with Crippen molar-refractivity contribution in [3.8, 4) is 0 Å². The van der Waals surface area contributed by atoms with Crippen LogP contribution in [0.1, 0.15) is 42.4 Å². The number of rotatable bonds is 2. The third-order valence-corrected chi connectivity index (χ3v) is 3.32. The van der Waals surface area contributed by atoms with Crippen molar-refractivity contribution in [2.75, 3.05) is 6.54 Å². The molecule has 1 nitrogen and oxygen atoms in total. The molecule has 13 heavy (non-hydrogen) atoms. The third-order valence-electron chi connectivity index (χ3n) is 3.32. The van der Waals surface area contributed by atoms with Gasteiger partial charge in [0.05, 0.1) is 0 Å². The van der Waals surface area contributed by atoms with E-state index in [0.717, 1.165) is 24.8 Å². The minimum atomic E-state index is 0.743. The third kappa shape index (κ3) is 1.28. The molecule has 0 radical (unpaired) electrons. The van der Waals surface area contributed by atoms with Crippen molar-refractivity contribution >= 4 is 0 Å². The minimum absolute atomic E-state index is 0.743. The van der Waals surface area contributed by atoms with Crippen molar-refractivity contribution in [1.29, 1.82) is 0 Å². The Bertz CT molecular complexity index is 317. The zero-order valence-electron chi connectivity index (χ0n) is 8.38. The monoisotopic (exact) mass is 175 g/mol. The average Bonchev–Trinajstić information content (AvgIpc) is 2.17. The average molecular weight is 175 g/mol. The van der Waals surface area contributed by atoms with E-state index >= 15 is 0 Å². The normalized spacial score (nSPS) is 25.2. The van der Waals surface area contributed by atoms with Crippen LogP contribution in [0.25, 0.3) is 0 Å². The van der Waals surface area contributed by atoms with Gasteiger partial charge in [-0.1, -0.05) is 32.0 Å². The molecule has 0 spiro atoms. The van der Waals surface area contributed by atoms with Crippen LogP contribution >= 0.6 is 0 Å². The summed E-state index contributed by atoms with van der Waals surface area (Å²) in [6.45, 7) is 5.36. The lowest BCUT2D eigenvalue weighted by molar-refractivity contribution is 0.541. The maximum Gasteiger partial charge on any atom is -0.00367 e. The van der Waals surface area contributed by atoms with Crippen LogP contribution in [0.2, 0.25) is 0 Å². The van der Waals surface area contributed by atoms with Gasteiger partial charge >= 0.3 is 0 Å². The zero-order valence-corrected chi connectivity index (χ0v) is 8.38. The first kappa shape index (κ1) is 8.76. The van der Waals surface area contributed by atoms with E-state index in [0.29, 0.717) is 0 Å². The van der Waals surface area contributed by atoms with Gasteiger partial charge < -0.3 is 5.73 Å². The van der Waals surface area contributed by atoms with Crippen LogP contribution in [0.5, 0.6) is 0 Å². The van der Waals surface area contributed by atoms with Gasteiger partial charge in [-0.3, -0.25) is 0 Å².